The van der Waals surface area contributed by atoms with Crippen molar-refractivity contribution in [2.24, 2.45) is 0 Å². The van der Waals surface area contributed by atoms with E-state index in [1.165, 1.54) is 17.9 Å². The van der Waals surface area contributed by atoms with Crippen LogP contribution in [0.4, 0.5) is 0 Å². The predicted octanol–water partition coefficient (Wildman–Crippen LogP) is 0.734. The third-order valence-electron chi connectivity index (χ3n) is 2.56. The summed E-state index contributed by atoms with van der Waals surface area (Å²) in [5.41, 5.74) is 0.564. The monoisotopic (exact) mass is 293 g/mol. The van der Waals surface area contributed by atoms with E-state index in [-0.39, 0.29) is 18.1 Å². The van der Waals surface area contributed by atoms with Gasteiger partial charge in [0.05, 0.1) is 11.4 Å². The predicted molar refractivity (Wildman–Crippen MR) is 76.7 cm³/mol. The summed E-state index contributed by atoms with van der Waals surface area (Å²) in [4.78, 5) is 23.9. The average Bonchev–Trinajstić information content (AvgIpc) is 2.95. The third kappa shape index (κ3) is 3.75. The third-order valence-corrected chi connectivity index (χ3v) is 3.45. The standard InChI is InChI=1S/C13H15N3O3S/c1-19-9-12(17)14-6-7-16-13(18)5-4-10(15-16)11-3-2-8-20-11/h2-5,8H,6-7,9H2,1H3,(H,14,17). The van der Waals surface area contributed by atoms with Gasteiger partial charge in [-0.2, -0.15) is 5.10 Å². The van der Waals surface area contributed by atoms with Crippen LogP contribution in [0.25, 0.3) is 10.6 Å². The molecular weight excluding hydrogens is 278 g/mol. The van der Waals surface area contributed by atoms with Gasteiger partial charge in [0.25, 0.3) is 5.56 Å². The molecule has 0 spiro atoms. The van der Waals surface area contributed by atoms with Crippen molar-refractivity contribution in [1.29, 1.82) is 0 Å². The number of nitrogens with zero attached hydrogens (tertiary/aromatic N) is 2. The molecule has 0 aliphatic rings. The van der Waals surface area contributed by atoms with Crippen molar-refractivity contribution in [1.82, 2.24) is 15.1 Å². The normalized spacial score (nSPS) is 10.4. The summed E-state index contributed by atoms with van der Waals surface area (Å²) in [5, 5.41) is 8.90. The van der Waals surface area contributed by atoms with Gasteiger partial charge >= 0.3 is 0 Å². The Morgan fingerprint density at radius 1 is 1.45 bits per heavy atom. The molecule has 0 bridgehead atoms. The number of hydrogen-bond donors (Lipinski definition) is 1. The molecule has 2 heterocycles. The molecule has 0 atom stereocenters. The van der Waals surface area contributed by atoms with E-state index in [2.05, 4.69) is 10.4 Å². The van der Waals surface area contributed by atoms with Gasteiger partial charge in [-0.15, -0.1) is 11.3 Å². The fourth-order valence-corrected chi connectivity index (χ4v) is 2.34. The van der Waals surface area contributed by atoms with Crippen molar-refractivity contribution in [2.45, 2.75) is 6.54 Å². The number of amides is 1. The Balaban J connectivity index is 2.02. The minimum absolute atomic E-state index is 0.0115. The van der Waals surface area contributed by atoms with Crippen LogP contribution in [0.3, 0.4) is 0 Å². The fraction of sp³-hybridized carbons (Fsp3) is 0.308. The van der Waals surface area contributed by atoms with Crippen LogP contribution in [0.5, 0.6) is 0 Å². The summed E-state index contributed by atoms with van der Waals surface area (Å²) in [6.45, 7) is 0.675. The van der Waals surface area contributed by atoms with Gasteiger partial charge in [-0.1, -0.05) is 6.07 Å². The summed E-state index contributed by atoms with van der Waals surface area (Å²) < 4.78 is 6.05. The first kappa shape index (κ1) is 14.4. The average molecular weight is 293 g/mol. The number of rotatable bonds is 6. The highest BCUT2D eigenvalue weighted by Crippen LogP contribution is 2.20. The maximum Gasteiger partial charge on any atom is 0.266 e. The van der Waals surface area contributed by atoms with Crippen LogP contribution in [0, 0.1) is 0 Å². The van der Waals surface area contributed by atoms with Gasteiger partial charge in [-0.05, 0) is 17.5 Å². The first-order chi connectivity index (χ1) is 9.70. The topological polar surface area (TPSA) is 73.2 Å². The molecule has 1 N–H and O–H groups in total. The maximum atomic E-state index is 11.7. The SMILES string of the molecule is COCC(=O)NCCn1nc(-c2cccs2)ccc1=O. The minimum Gasteiger partial charge on any atom is -0.375 e. The van der Waals surface area contributed by atoms with Crippen molar-refractivity contribution in [2.75, 3.05) is 20.3 Å². The highest BCUT2D eigenvalue weighted by atomic mass is 32.1. The van der Waals surface area contributed by atoms with Gasteiger partial charge < -0.3 is 10.1 Å². The Kier molecular flexibility index (Phi) is 5.03. The number of carbonyl (C=O) groups is 1. The van der Waals surface area contributed by atoms with Crippen molar-refractivity contribution >= 4 is 17.2 Å². The van der Waals surface area contributed by atoms with Crippen LogP contribution in [-0.2, 0) is 16.1 Å². The molecule has 20 heavy (non-hydrogen) atoms. The van der Waals surface area contributed by atoms with Gasteiger partial charge in [-0.3, -0.25) is 9.59 Å². The number of aromatic nitrogens is 2. The Bertz CT molecular complexity index is 622. The molecule has 1 amide bonds. The Labute approximate surface area is 120 Å². The summed E-state index contributed by atoms with van der Waals surface area (Å²) >= 11 is 1.56. The minimum atomic E-state index is -0.213. The molecule has 0 radical (unpaired) electrons. The van der Waals surface area contributed by atoms with Gasteiger partial charge in [0.15, 0.2) is 0 Å². The summed E-state index contributed by atoms with van der Waals surface area (Å²) in [5.74, 6) is -0.213. The molecule has 0 saturated carbocycles. The van der Waals surface area contributed by atoms with Crippen molar-refractivity contribution in [3.05, 3.63) is 40.0 Å². The van der Waals surface area contributed by atoms with Crippen LogP contribution >= 0.6 is 11.3 Å². The summed E-state index contributed by atoms with van der Waals surface area (Å²) in [6, 6.07) is 7.07. The summed E-state index contributed by atoms with van der Waals surface area (Å²) in [7, 11) is 1.45. The molecule has 2 rings (SSSR count). The number of carbonyl (C=O) groups excluding carboxylic acids is 1. The lowest BCUT2D eigenvalue weighted by atomic mass is 10.3. The lowest BCUT2D eigenvalue weighted by molar-refractivity contribution is -0.124. The summed E-state index contributed by atoms with van der Waals surface area (Å²) in [6.07, 6.45) is 0. The first-order valence-corrected chi connectivity index (χ1v) is 6.96. The van der Waals surface area contributed by atoms with Crippen LogP contribution in [0.2, 0.25) is 0 Å². The molecule has 7 heteroatoms. The van der Waals surface area contributed by atoms with E-state index >= 15 is 0 Å². The van der Waals surface area contributed by atoms with E-state index in [9.17, 15) is 9.59 Å². The molecule has 2 aromatic heterocycles. The molecular formula is C13H15N3O3S. The van der Waals surface area contributed by atoms with Crippen LogP contribution in [0.1, 0.15) is 0 Å². The number of thiophene rings is 1. The highest BCUT2D eigenvalue weighted by Gasteiger charge is 2.05. The van der Waals surface area contributed by atoms with E-state index in [1.807, 2.05) is 17.5 Å². The zero-order chi connectivity index (χ0) is 14.4. The molecule has 0 aliphatic carbocycles. The largest absolute Gasteiger partial charge is 0.375 e. The van der Waals surface area contributed by atoms with Crippen molar-refractivity contribution in [3.63, 3.8) is 0 Å². The molecule has 0 fully saturated rings. The van der Waals surface area contributed by atoms with Crippen LogP contribution in [-0.4, -0.2) is 35.9 Å². The first-order valence-electron chi connectivity index (χ1n) is 6.08. The van der Waals surface area contributed by atoms with Crippen molar-refractivity contribution < 1.29 is 9.53 Å². The van der Waals surface area contributed by atoms with Crippen LogP contribution < -0.4 is 10.9 Å². The lowest BCUT2D eigenvalue weighted by Gasteiger charge is -2.07. The molecule has 0 aromatic carbocycles. The van der Waals surface area contributed by atoms with E-state index in [0.717, 1.165) is 10.6 Å². The Morgan fingerprint density at radius 3 is 3.00 bits per heavy atom. The molecule has 106 valence electrons. The quantitative estimate of drug-likeness (QED) is 0.852. The van der Waals surface area contributed by atoms with Gasteiger partial charge in [0, 0.05) is 19.7 Å². The Morgan fingerprint density at radius 2 is 2.30 bits per heavy atom. The number of methoxy groups -OCH3 is 1. The highest BCUT2D eigenvalue weighted by molar-refractivity contribution is 7.13. The Hall–Kier alpha value is -1.99. The molecule has 0 aliphatic heterocycles. The van der Waals surface area contributed by atoms with Gasteiger partial charge in [-0.25, -0.2) is 4.68 Å². The van der Waals surface area contributed by atoms with Gasteiger partial charge in [0.1, 0.15) is 12.3 Å². The smallest absolute Gasteiger partial charge is 0.266 e. The molecule has 2 aromatic rings. The molecule has 6 nitrogen and oxygen atoms in total. The molecule has 0 unspecified atom stereocenters. The van der Waals surface area contributed by atoms with Crippen LogP contribution in [0.15, 0.2) is 34.4 Å². The number of ether oxygens (including phenoxy) is 1. The second-order valence-corrected chi connectivity index (χ2v) is 4.99. The van der Waals surface area contributed by atoms with E-state index in [0.29, 0.717) is 13.1 Å². The zero-order valence-corrected chi connectivity index (χ0v) is 11.9. The number of nitrogens with one attached hydrogen (secondary N) is 1. The second-order valence-electron chi connectivity index (χ2n) is 4.04. The van der Waals surface area contributed by atoms with Crippen molar-refractivity contribution in [3.8, 4) is 10.6 Å². The van der Waals surface area contributed by atoms with E-state index in [4.69, 9.17) is 4.74 Å². The van der Waals surface area contributed by atoms with E-state index < -0.39 is 0 Å². The van der Waals surface area contributed by atoms with E-state index in [1.54, 1.807) is 17.4 Å². The molecule has 0 saturated heterocycles. The lowest BCUT2D eigenvalue weighted by Crippen LogP contribution is -2.33. The van der Waals surface area contributed by atoms with Gasteiger partial charge in [0.2, 0.25) is 5.91 Å². The fourth-order valence-electron chi connectivity index (χ4n) is 1.65. The number of hydrogen-bond acceptors (Lipinski definition) is 5. The second kappa shape index (κ2) is 6.97. The zero-order valence-electron chi connectivity index (χ0n) is 11.0. The maximum absolute atomic E-state index is 11.7.